The van der Waals surface area contributed by atoms with Crippen LogP contribution in [0.25, 0.3) is 10.9 Å². The number of fused-ring (bicyclic) bond motifs is 1. The van der Waals surface area contributed by atoms with Gasteiger partial charge in [-0.25, -0.2) is 4.39 Å². The number of aromatic nitrogens is 1. The molecule has 0 saturated heterocycles. The summed E-state index contributed by atoms with van der Waals surface area (Å²) in [6.45, 7) is 1.70. The number of carboxylic acids is 1. The molecule has 0 atom stereocenters. The van der Waals surface area contributed by atoms with Gasteiger partial charge in [-0.3, -0.25) is 9.59 Å². The van der Waals surface area contributed by atoms with Crippen molar-refractivity contribution in [1.29, 1.82) is 0 Å². The van der Waals surface area contributed by atoms with E-state index in [9.17, 15) is 14.0 Å². The van der Waals surface area contributed by atoms with Gasteiger partial charge in [-0.05, 0) is 30.2 Å². The molecule has 0 spiro atoms. The molecule has 0 aliphatic heterocycles. The van der Waals surface area contributed by atoms with E-state index in [-0.39, 0.29) is 11.5 Å². The van der Waals surface area contributed by atoms with Gasteiger partial charge in [0, 0.05) is 29.8 Å². The molecule has 6 heteroatoms. The van der Waals surface area contributed by atoms with Crippen LogP contribution in [0.15, 0.2) is 42.6 Å². The Bertz CT molecular complexity index is 992. The van der Waals surface area contributed by atoms with E-state index in [0.717, 1.165) is 17.0 Å². The first-order chi connectivity index (χ1) is 11.9. The number of carbonyl (C=O) groups excluding carboxylic acids is 1. The summed E-state index contributed by atoms with van der Waals surface area (Å²) in [5.74, 6) is -2.10. The maximum atomic E-state index is 14.1. The van der Waals surface area contributed by atoms with Crippen LogP contribution < -0.4 is 5.32 Å². The number of anilines is 1. The Hall–Kier alpha value is -3.15. The molecule has 2 N–H and O–H groups in total. The summed E-state index contributed by atoms with van der Waals surface area (Å²) in [7, 11) is 1.85. The van der Waals surface area contributed by atoms with E-state index in [1.807, 2.05) is 35.9 Å². The maximum absolute atomic E-state index is 14.1. The van der Waals surface area contributed by atoms with Crippen LogP contribution in [0.1, 0.15) is 21.5 Å². The second-order valence-corrected chi connectivity index (χ2v) is 5.95. The van der Waals surface area contributed by atoms with Gasteiger partial charge in [0.25, 0.3) is 5.91 Å². The fraction of sp³-hybridized carbons (Fsp3) is 0.158. The number of nitrogens with zero attached hydrogens (tertiary/aromatic N) is 1. The van der Waals surface area contributed by atoms with Crippen molar-refractivity contribution in [1.82, 2.24) is 4.57 Å². The number of hydrogen-bond acceptors (Lipinski definition) is 2. The van der Waals surface area contributed by atoms with Crippen LogP contribution >= 0.6 is 0 Å². The fourth-order valence-electron chi connectivity index (χ4n) is 2.89. The van der Waals surface area contributed by atoms with E-state index in [0.29, 0.717) is 16.8 Å². The number of amides is 1. The normalized spacial score (nSPS) is 10.8. The lowest BCUT2D eigenvalue weighted by Gasteiger charge is -2.10. The second-order valence-electron chi connectivity index (χ2n) is 5.95. The third-order valence-corrected chi connectivity index (χ3v) is 4.12. The van der Waals surface area contributed by atoms with Gasteiger partial charge < -0.3 is 15.0 Å². The molecule has 0 fully saturated rings. The number of rotatable bonds is 4. The van der Waals surface area contributed by atoms with Crippen LogP contribution in [0.3, 0.4) is 0 Å². The molecule has 1 amide bonds. The fourth-order valence-corrected chi connectivity index (χ4v) is 2.89. The van der Waals surface area contributed by atoms with Crippen LogP contribution in [0.2, 0.25) is 0 Å². The molecule has 1 aromatic heterocycles. The van der Waals surface area contributed by atoms with Gasteiger partial charge >= 0.3 is 5.97 Å². The average molecular weight is 340 g/mol. The van der Waals surface area contributed by atoms with E-state index >= 15 is 0 Å². The monoisotopic (exact) mass is 340 g/mol. The lowest BCUT2D eigenvalue weighted by molar-refractivity contribution is -0.136. The lowest BCUT2D eigenvalue weighted by atomic mass is 10.1. The molecule has 0 unspecified atom stereocenters. The molecule has 1 heterocycles. The van der Waals surface area contributed by atoms with E-state index in [1.165, 1.54) is 6.07 Å². The first-order valence-electron chi connectivity index (χ1n) is 7.73. The van der Waals surface area contributed by atoms with Crippen LogP contribution in [-0.4, -0.2) is 21.6 Å². The summed E-state index contributed by atoms with van der Waals surface area (Å²) >= 11 is 0. The van der Waals surface area contributed by atoms with Gasteiger partial charge in [-0.15, -0.1) is 0 Å². The highest BCUT2D eigenvalue weighted by Crippen LogP contribution is 2.24. The van der Waals surface area contributed by atoms with Gasteiger partial charge in [0.2, 0.25) is 0 Å². The Balaban J connectivity index is 1.93. The third-order valence-electron chi connectivity index (χ3n) is 4.12. The van der Waals surface area contributed by atoms with Gasteiger partial charge in [-0.2, -0.15) is 0 Å². The standard InChI is InChI=1S/C19H17FN2O3/c1-11-7-12(8-18(23)24)15(20)9-16(11)21-19(25)14-10-22(2)17-6-4-3-5-13(14)17/h3-7,9-10H,8H2,1-2H3,(H,21,25)(H,23,24). The molecule has 5 nitrogen and oxygen atoms in total. The first-order valence-corrected chi connectivity index (χ1v) is 7.73. The van der Waals surface area contributed by atoms with Crippen molar-refractivity contribution >= 4 is 28.5 Å². The minimum atomic E-state index is -1.11. The summed E-state index contributed by atoms with van der Waals surface area (Å²) in [6, 6.07) is 10.1. The van der Waals surface area contributed by atoms with Crippen molar-refractivity contribution < 1.29 is 19.1 Å². The number of benzene rings is 2. The predicted octanol–water partition coefficient (Wildman–Crippen LogP) is 3.51. The predicted molar refractivity (Wildman–Crippen MR) is 93.3 cm³/mol. The number of carboxylic acid groups (broad SMARTS) is 1. The topological polar surface area (TPSA) is 71.3 Å². The molecule has 3 rings (SSSR count). The summed E-state index contributed by atoms with van der Waals surface area (Å²) in [5, 5.41) is 12.3. The molecule has 2 aromatic carbocycles. The van der Waals surface area contributed by atoms with Gasteiger partial charge in [0.15, 0.2) is 0 Å². The van der Waals surface area contributed by atoms with Crippen molar-refractivity contribution in [2.45, 2.75) is 13.3 Å². The summed E-state index contributed by atoms with van der Waals surface area (Å²) < 4.78 is 15.9. The highest BCUT2D eigenvalue weighted by Gasteiger charge is 2.16. The number of hydrogen-bond donors (Lipinski definition) is 2. The lowest BCUT2D eigenvalue weighted by Crippen LogP contribution is -2.13. The molecule has 25 heavy (non-hydrogen) atoms. The van der Waals surface area contributed by atoms with Crippen molar-refractivity contribution in [2.24, 2.45) is 7.05 Å². The molecule has 0 aliphatic rings. The smallest absolute Gasteiger partial charge is 0.307 e. The van der Waals surface area contributed by atoms with E-state index in [2.05, 4.69) is 5.32 Å². The number of carbonyl (C=O) groups is 2. The van der Waals surface area contributed by atoms with E-state index < -0.39 is 18.2 Å². The molecule has 0 bridgehead atoms. The Morgan fingerprint density at radius 2 is 1.96 bits per heavy atom. The summed E-state index contributed by atoms with van der Waals surface area (Å²) in [4.78, 5) is 23.4. The van der Waals surface area contributed by atoms with Crippen molar-refractivity contribution in [3.8, 4) is 0 Å². The van der Waals surface area contributed by atoms with Crippen LogP contribution in [0.5, 0.6) is 0 Å². The molecular formula is C19H17FN2O3. The zero-order chi connectivity index (χ0) is 18.1. The Labute approximate surface area is 143 Å². The number of nitrogens with one attached hydrogen (secondary N) is 1. The first kappa shape index (κ1) is 16.7. The number of halogens is 1. The van der Waals surface area contributed by atoms with Crippen molar-refractivity contribution in [2.75, 3.05) is 5.32 Å². The summed E-state index contributed by atoms with van der Waals surface area (Å²) in [6.07, 6.45) is 1.33. The van der Waals surface area contributed by atoms with E-state index in [4.69, 9.17) is 5.11 Å². The molecule has 3 aromatic rings. The zero-order valence-electron chi connectivity index (χ0n) is 13.8. The average Bonchev–Trinajstić information content (AvgIpc) is 2.89. The Morgan fingerprint density at radius 3 is 2.68 bits per heavy atom. The van der Waals surface area contributed by atoms with E-state index in [1.54, 1.807) is 13.1 Å². The van der Waals surface area contributed by atoms with Crippen LogP contribution in [0.4, 0.5) is 10.1 Å². The van der Waals surface area contributed by atoms with Gasteiger partial charge in [0.05, 0.1) is 12.0 Å². The molecule has 0 saturated carbocycles. The molecule has 128 valence electrons. The minimum Gasteiger partial charge on any atom is -0.481 e. The Morgan fingerprint density at radius 1 is 1.24 bits per heavy atom. The SMILES string of the molecule is Cc1cc(CC(=O)O)c(F)cc1NC(=O)c1cn(C)c2ccccc12. The highest BCUT2D eigenvalue weighted by molar-refractivity contribution is 6.13. The van der Waals surface area contributed by atoms with Crippen LogP contribution in [-0.2, 0) is 18.3 Å². The Kier molecular flexibility index (Phi) is 4.27. The second kappa shape index (κ2) is 6.39. The maximum Gasteiger partial charge on any atom is 0.307 e. The van der Waals surface area contributed by atoms with Crippen LogP contribution in [0, 0.1) is 12.7 Å². The molecule has 0 aliphatic carbocycles. The molecule has 0 radical (unpaired) electrons. The number of para-hydroxylation sites is 1. The molecular weight excluding hydrogens is 323 g/mol. The number of aryl methyl sites for hydroxylation is 2. The quantitative estimate of drug-likeness (QED) is 0.763. The van der Waals surface area contributed by atoms with Crippen molar-refractivity contribution in [3.63, 3.8) is 0 Å². The van der Waals surface area contributed by atoms with Gasteiger partial charge in [-0.1, -0.05) is 24.3 Å². The largest absolute Gasteiger partial charge is 0.481 e. The van der Waals surface area contributed by atoms with Gasteiger partial charge in [0.1, 0.15) is 5.82 Å². The summed E-state index contributed by atoms with van der Waals surface area (Å²) in [5.41, 5.74) is 2.43. The highest BCUT2D eigenvalue weighted by atomic mass is 19.1. The number of aliphatic carboxylic acids is 1. The van der Waals surface area contributed by atoms with Crippen molar-refractivity contribution in [3.05, 3.63) is 65.1 Å². The minimum absolute atomic E-state index is 0.0909. The third kappa shape index (κ3) is 3.24. The zero-order valence-corrected chi connectivity index (χ0v) is 13.8.